The Kier molecular flexibility index (Phi) is 8.75. The van der Waals surface area contributed by atoms with Crippen LogP contribution in [0.25, 0.3) is 11.1 Å². The first kappa shape index (κ1) is 28.0. The van der Waals surface area contributed by atoms with Crippen molar-refractivity contribution in [3.8, 4) is 28.6 Å². The molecule has 3 aromatic rings. The fourth-order valence-corrected chi connectivity index (χ4v) is 4.39. The zero-order valence-corrected chi connectivity index (χ0v) is 21.8. The highest BCUT2D eigenvalue weighted by molar-refractivity contribution is 5.96. The first-order valence-electron chi connectivity index (χ1n) is 12.8. The third-order valence-corrected chi connectivity index (χ3v) is 6.34. The molecular weight excluding hydrogens is 508 g/mol. The Labute approximate surface area is 225 Å². The summed E-state index contributed by atoms with van der Waals surface area (Å²) in [4.78, 5) is 30.4. The molecule has 1 aliphatic heterocycles. The van der Waals surface area contributed by atoms with Crippen LogP contribution in [0.3, 0.4) is 0 Å². The van der Waals surface area contributed by atoms with Gasteiger partial charge in [-0.25, -0.2) is 13.6 Å². The Hall–Kier alpha value is -4.05. The molecule has 1 saturated heterocycles. The lowest BCUT2D eigenvalue weighted by Gasteiger charge is -2.18. The Morgan fingerprint density at radius 2 is 1.74 bits per heavy atom. The van der Waals surface area contributed by atoms with Crippen LogP contribution in [0.15, 0.2) is 48.5 Å². The summed E-state index contributed by atoms with van der Waals surface area (Å²) >= 11 is 0. The minimum absolute atomic E-state index is 0.0580. The van der Waals surface area contributed by atoms with E-state index in [0.717, 1.165) is 24.0 Å². The molecule has 206 valence electrons. The largest absolute Gasteiger partial charge is 0.479 e. The Morgan fingerprint density at radius 1 is 1.03 bits per heavy atom. The van der Waals surface area contributed by atoms with E-state index in [9.17, 15) is 23.5 Å². The summed E-state index contributed by atoms with van der Waals surface area (Å²) in [5.74, 6) is -5.04. The normalized spacial score (nSPS) is 13.9. The predicted molar refractivity (Wildman–Crippen MR) is 141 cm³/mol. The average molecular weight is 540 g/mol. The second-order valence-electron chi connectivity index (χ2n) is 9.89. The van der Waals surface area contributed by atoms with Crippen LogP contribution in [0.5, 0.6) is 17.5 Å². The number of nitrogens with two attached hydrogens (primary N) is 1. The molecule has 39 heavy (non-hydrogen) atoms. The molecule has 2 heterocycles. The summed E-state index contributed by atoms with van der Waals surface area (Å²) in [7, 11) is 0. The summed E-state index contributed by atoms with van der Waals surface area (Å²) in [6.45, 7) is 5.18. The number of benzene rings is 2. The smallest absolute Gasteiger partial charge is 0.344 e. The molecule has 1 fully saturated rings. The predicted octanol–water partition coefficient (Wildman–Crippen LogP) is 5.39. The minimum Gasteiger partial charge on any atom is -0.479 e. The van der Waals surface area contributed by atoms with E-state index < -0.39 is 35.5 Å². The van der Waals surface area contributed by atoms with Crippen molar-refractivity contribution < 1.29 is 33.0 Å². The van der Waals surface area contributed by atoms with Crippen LogP contribution in [0.1, 0.15) is 49.0 Å². The number of carboxylic acid groups (broad SMARTS) is 1. The topological polar surface area (TPSA) is 115 Å². The Morgan fingerprint density at radius 3 is 2.41 bits per heavy atom. The van der Waals surface area contributed by atoms with Gasteiger partial charge in [0, 0.05) is 31.3 Å². The number of rotatable bonds is 10. The highest BCUT2D eigenvalue weighted by Crippen LogP contribution is 2.33. The number of hydrogen-bond donors (Lipinski definition) is 2. The molecule has 0 radical (unpaired) electrons. The maximum absolute atomic E-state index is 14.8. The molecule has 3 N–H and O–H groups in total. The van der Waals surface area contributed by atoms with Gasteiger partial charge in [-0.1, -0.05) is 32.0 Å². The van der Waals surface area contributed by atoms with Crippen LogP contribution < -0.4 is 15.2 Å². The zero-order valence-electron chi connectivity index (χ0n) is 21.8. The van der Waals surface area contributed by atoms with Crippen LogP contribution in [0, 0.1) is 17.6 Å². The quantitative estimate of drug-likeness (QED) is 0.355. The summed E-state index contributed by atoms with van der Waals surface area (Å²) in [5, 5.41) is 9.46. The second kappa shape index (κ2) is 12.2. The first-order valence-corrected chi connectivity index (χ1v) is 12.8. The lowest BCUT2D eigenvalue weighted by molar-refractivity contribution is -0.146. The summed E-state index contributed by atoms with van der Waals surface area (Å²) in [6.07, 6.45) is 0.535. The van der Waals surface area contributed by atoms with Gasteiger partial charge in [-0.3, -0.25) is 4.79 Å². The van der Waals surface area contributed by atoms with Gasteiger partial charge in [0.25, 0.3) is 17.7 Å². The number of carbonyl (C=O) groups is 2. The molecule has 1 atom stereocenters. The van der Waals surface area contributed by atoms with E-state index in [2.05, 4.69) is 4.98 Å². The molecule has 1 unspecified atom stereocenters. The number of aliphatic carboxylic acids is 1. The fraction of sp³-hybridized carbons (Fsp3) is 0.345. The van der Waals surface area contributed by atoms with Crippen LogP contribution >= 0.6 is 0 Å². The van der Waals surface area contributed by atoms with E-state index in [4.69, 9.17) is 15.2 Å². The number of hydrogen-bond acceptors (Lipinski definition) is 6. The standard InChI is InChI=1S/C29H31F2N3O5/c1-17(2)10-25(29(36)37)39-27-24(31)15-23(30)26(33-27)38-22-13-20(19-7-5-6-18(11-19)16-32)12-21(14-22)28(35)34-8-3-4-9-34/h5-7,11-15,17,25H,3-4,8-10,16,32H2,1-2H3,(H,36,37). The molecule has 1 aromatic heterocycles. The van der Waals surface area contributed by atoms with Crippen molar-refractivity contribution >= 4 is 11.9 Å². The van der Waals surface area contributed by atoms with Crippen molar-refractivity contribution in [1.82, 2.24) is 9.88 Å². The van der Waals surface area contributed by atoms with Crippen molar-refractivity contribution in [1.29, 1.82) is 0 Å². The SMILES string of the molecule is CC(C)CC(Oc1nc(Oc2cc(C(=O)N3CCCC3)cc(-c3cccc(CN)c3)c2)c(F)cc1F)C(=O)O. The molecule has 0 aliphatic carbocycles. The van der Waals surface area contributed by atoms with Crippen molar-refractivity contribution in [3.05, 3.63) is 71.3 Å². The number of ether oxygens (including phenoxy) is 2. The molecule has 1 amide bonds. The van der Waals surface area contributed by atoms with Gasteiger partial charge in [0.2, 0.25) is 0 Å². The van der Waals surface area contributed by atoms with Gasteiger partial charge in [0.05, 0.1) is 0 Å². The molecular formula is C29H31F2N3O5. The van der Waals surface area contributed by atoms with Gasteiger partial charge in [0.1, 0.15) is 5.75 Å². The first-order chi connectivity index (χ1) is 18.6. The molecule has 8 nitrogen and oxygen atoms in total. The van der Waals surface area contributed by atoms with E-state index in [-0.39, 0.29) is 24.0 Å². The highest BCUT2D eigenvalue weighted by atomic mass is 19.1. The van der Waals surface area contributed by atoms with E-state index in [0.29, 0.717) is 36.8 Å². The van der Waals surface area contributed by atoms with Crippen LogP contribution in [-0.2, 0) is 11.3 Å². The van der Waals surface area contributed by atoms with Crippen molar-refractivity contribution in [2.75, 3.05) is 13.1 Å². The third kappa shape index (κ3) is 6.88. The van der Waals surface area contributed by atoms with E-state index in [1.165, 1.54) is 6.07 Å². The van der Waals surface area contributed by atoms with Crippen LogP contribution in [0.2, 0.25) is 0 Å². The van der Waals surface area contributed by atoms with Gasteiger partial charge in [-0.15, -0.1) is 0 Å². The van der Waals surface area contributed by atoms with Crippen LogP contribution in [0.4, 0.5) is 8.78 Å². The minimum atomic E-state index is -1.38. The van der Waals surface area contributed by atoms with Gasteiger partial charge in [-0.2, -0.15) is 4.98 Å². The van der Waals surface area contributed by atoms with Gasteiger partial charge < -0.3 is 25.2 Å². The maximum atomic E-state index is 14.8. The Bertz CT molecular complexity index is 1360. The fourth-order valence-electron chi connectivity index (χ4n) is 4.39. The lowest BCUT2D eigenvalue weighted by atomic mass is 10.00. The van der Waals surface area contributed by atoms with Gasteiger partial charge in [0.15, 0.2) is 17.7 Å². The monoisotopic (exact) mass is 539 g/mol. The molecule has 4 rings (SSSR count). The molecule has 0 bridgehead atoms. The third-order valence-electron chi connectivity index (χ3n) is 6.34. The number of carboxylic acids is 1. The number of halogens is 2. The Balaban J connectivity index is 1.72. The lowest BCUT2D eigenvalue weighted by Crippen LogP contribution is -2.29. The molecule has 2 aromatic carbocycles. The number of pyridine rings is 1. The number of amides is 1. The van der Waals surface area contributed by atoms with E-state index in [1.54, 1.807) is 30.9 Å². The highest BCUT2D eigenvalue weighted by Gasteiger charge is 2.26. The zero-order chi connectivity index (χ0) is 28.1. The number of likely N-dealkylation sites (tertiary alicyclic amines) is 1. The average Bonchev–Trinajstić information content (AvgIpc) is 3.45. The van der Waals surface area contributed by atoms with Crippen LogP contribution in [-0.4, -0.2) is 46.1 Å². The summed E-state index contributed by atoms with van der Waals surface area (Å²) in [6, 6.07) is 12.8. The summed E-state index contributed by atoms with van der Waals surface area (Å²) < 4.78 is 40.3. The number of carbonyl (C=O) groups excluding carboxylic acids is 1. The van der Waals surface area contributed by atoms with E-state index >= 15 is 0 Å². The number of nitrogens with zero attached hydrogens (tertiary/aromatic N) is 2. The molecule has 10 heteroatoms. The maximum Gasteiger partial charge on any atom is 0.344 e. The number of aromatic nitrogens is 1. The van der Waals surface area contributed by atoms with Gasteiger partial charge in [-0.05, 0) is 66.1 Å². The van der Waals surface area contributed by atoms with Crippen molar-refractivity contribution in [3.63, 3.8) is 0 Å². The van der Waals surface area contributed by atoms with Crippen molar-refractivity contribution in [2.45, 2.75) is 45.8 Å². The second-order valence-corrected chi connectivity index (χ2v) is 9.89. The summed E-state index contributed by atoms with van der Waals surface area (Å²) in [5.41, 5.74) is 8.42. The molecule has 0 saturated carbocycles. The van der Waals surface area contributed by atoms with E-state index in [1.807, 2.05) is 24.3 Å². The van der Waals surface area contributed by atoms with Gasteiger partial charge >= 0.3 is 5.97 Å². The molecule has 0 spiro atoms. The van der Waals surface area contributed by atoms with Crippen molar-refractivity contribution in [2.24, 2.45) is 11.7 Å². The molecule has 1 aliphatic rings.